The van der Waals surface area contributed by atoms with Gasteiger partial charge in [-0.2, -0.15) is 0 Å². The summed E-state index contributed by atoms with van der Waals surface area (Å²) in [5, 5.41) is 14.2. The quantitative estimate of drug-likeness (QED) is 0.849. The van der Waals surface area contributed by atoms with Crippen LogP contribution < -0.4 is 10.6 Å². The summed E-state index contributed by atoms with van der Waals surface area (Å²) in [4.78, 5) is 23.5. The highest BCUT2D eigenvalue weighted by molar-refractivity contribution is 9.10. The van der Waals surface area contributed by atoms with E-state index in [0.717, 1.165) is 9.48 Å². The first-order valence-electron chi connectivity index (χ1n) is 6.19. The first-order chi connectivity index (χ1) is 10.0. The summed E-state index contributed by atoms with van der Waals surface area (Å²) in [6.45, 7) is 1.80. The molecule has 0 aliphatic carbocycles. The smallest absolute Gasteiger partial charge is 0.226 e. The fraction of sp³-hybridized carbons (Fsp3) is 0.231. The van der Waals surface area contributed by atoms with E-state index in [1.807, 2.05) is 18.2 Å². The molecule has 0 unspecified atom stereocenters. The number of carbonyl (C=O) groups is 2. The largest absolute Gasteiger partial charge is 0.325 e. The average molecular weight is 369 g/mol. The van der Waals surface area contributed by atoms with Gasteiger partial charge in [0.15, 0.2) is 0 Å². The van der Waals surface area contributed by atoms with Crippen molar-refractivity contribution in [3.8, 4) is 0 Å². The van der Waals surface area contributed by atoms with Gasteiger partial charge in [-0.3, -0.25) is 9.59 Å². The highest BCUT2D eigenvalue weighted by Gasteiger charge is 2.10. The first kappa shape index (κ1) is 15.6. The van der Waals surface area contributed by atoms with Crippen LogP contribution in [0.15, 0.2) is 28.7 Å². The van der Waals surface area contributed by atoms with Crippen LogP contribution in [0.3, 0.4) is 0 Å². The molecule has 2 amide bonds. The van der Waals surface area contributed by atoms with E-state index in [9.17, 15) is 9.59 Å². The second-order valence-electron chi connectivity index (χ2n) is 4.20. The summed E-state index contributed by atoms with van der Waals surface area (Å²) in [5.74, 6) is -0.473. The summed E-state index contributed by atoms with van der Waals surface area (Å²) in [6.07, 6.45) is 0.194. The van der Waals surface area contributed by atoms with Crippen LogP contribution >= 0.6 is 27.3 Å². The zero-order chi connectivity index (χ0) is 15.2. The highest BCUT2D eigenvalue weighted by atomic mass is 79.9. The number of halogens is 1. The fourth-order valence-corrected chi connectivity index (χ4v) is 2.52. The Morgan fingerprint density at radius 1 is 1.14 bits per heavy atom. The average Bonchev–Trinajstić information content (AvgIpc) is 2.84. The standard InChI is InChI=1S/C13H13BrN4O2S/c1-8-17-18-13(21-8)16-12(20)7-6-11(19)15-10-5-3-2-4-9(10)14/h2-5H,6-7H2,1H3,(H,15,19)(H,16,18,20). The van der Waals surface area contributed by atoms with Crippen molar-refractivity contribution in [1.82, 2.24) is 10.2 Å². The van der Waals surface area contributed by atoms with E-state index in [0.29, 0.717) is 10.8 Å². The molecule has 2 N–H and O–H groups in total. The summed E-state index contributed by atoms with van der Waals surface area (Å²) in [6, 6.07) is 7.30. The third-order valence-corrected chi connectivity index (χ3v) is 3.95. The Hall–Kier alpha value is -1.80. The lowest BCUT2D eigenvalue weighted by Gasteiger charge is -2.06. The molecule has 0 saturated carbocycles. The second kappa shape index (κ2) is 7.28. The van der Waals surface area contributed by atoms with Gasteiger partial charge in [-0.15, -0.1) is 10.2 Å². The van der Waals surface area contributed by atoms with E-state index in [2.05, 4.69) is 36.8 Å². The molecule has 2 aromatic rings. The highest BCUT2D eigenvalue weighted by Crippen LogP contribution is 2.21. The SMILES string of the molecule is Cc1nnc(NC(=O)CCC(=O)Nc2ccccc2Br)s1. The number of benzene rings is 1. The van der Waals surface area contributed by atoms with Gasteiger partial charge >= 0.3 is 0 Å². The Labute approximate surface area is 134 Å². The Morgan fingerprint density at radius 3 is 2.43 bits per heavy atom. The van der Waals surface area contributed by atoms with E-state index in [4.69, 9.17) is 0 Å². The van der Waals surface area contributed by atoms with Gasteiger partial charge < -0.3 is 10.6 Å². The number of hydrogen-bond donors (Lipinski definition) is 2. The van der Waals surface area contributed by atoms with Crippen molar-refractivity contribution in [3.63, 3.8) is 0 Å². The number of carbonyl (C=O) groups excluding carboxylic acids is 2. The molecule has 0 spiro atoms. The van der Waals surface area contributed by atoms with Gasteiger partial charge in [-0.25, -0.2) is 0 Å². The summed E-state index contributed by atoms with van der Waals surface area (Å²) in [7, 11) is 0. The predicted octanol–water partition coefficient (Wildman–Crippen LogP) is 2.97. The number of aromatic nitrogens is 2. The zero-order valence-corrected chi connectivity index (χ0v) is 13.6. The number of rotatable bonds is 5. The number of anilines is 2. The molecule has 1 aromatic carbocycles. The predicted molar refractivity (Wildman–Crippen MR) is 85.3 cm³/mol. The molecule has 6 nitrogen and oxygen atoms in total. The van der Waals surface area contributed by atoms with E-state index in [1.54, 1.807) is 13.0 Å². The molecule has 1 aromatic heterocycles. The number of para-hydroxylation sites is 1. The Bertz CT molecular complexity index is 659. The number of amides is 2. The summed E-state index contributed by atoms with van der Waals surface area (Å²) >= 11 is 4.64. The van der Waals surface area contributed by atoms with Crippen molar-refractivity contribution in [2.45, 2.75) is 19.8 Å². The van der Waals surface area contributed by atoms with Crippen molar-refractivity contribution < 1.29 is 9.59 Å². The van der Waals surface area contributed by atoms with Crippen LogP contribution in [0.2, 0.25) is 0 Å². The van der Waals surface area contributed by atoms with E-state index < -0.39 is 0 Å². The lowest BCUT2D eigenvalue weighted by atomic mass is 10.2. The maximum Gasteiger partial charge on any atom is 0.226 e. The summed E-state index contributed by atoms with van der Waals surface area (Å²) < 4.78 is 0.798. The molecular formula is C13H13BrN4O2S. The third-order valence-electron chi connectivity index (χ3n) is 2.50. The second-order valence-corrected chi connectivity index (χ2v) is 6.24. The van der Waals surface area contributed by atoms with Crippen molar-refractivity contribution in [3.05, 3.63) is 33.7 Å². The van der Waals surface area contributed by atoms with E-state index in [-0.39, 0.29) is 24.7 Å². The van der Waals surface area contributed by atoms with Gasteiger partial charge in [0.2, 0.25) is 16.9 Å². The molecule has 1 heterocycles. The fourth-order valence-electron chi connectivity index (χ4n) is 1.53. The molecular weight excluding hydrogens is 356 g/mol. The third kappa shape index (κ3) is 4.91. The molecule has 110 valence electrons. The van der Waals surface area contributed by atoms with Gasteiger partial charge in [0.05, 0.1) is 5.69 Å². The Morgan fingerprint density at radius 2 is 1.81 bits per heavy atom. The van der Waals surface area contributed by atoms with Gasteiger partial charge in [-0.05, 0) is 35.0 Å². The topological polar surface area (TPSA) is 84.0 Å². The minimum atomic E-state index is -0.256. The minimum Gasteiger partial charge on any atom is -0.325 e. The van der Waals surface area contributed by atoms with Crippen LogP contribution in [0.5, 0.6) is 0 Å². The Balaban J connectivity index is 1.78. The molecule has 0 atom stereocenters. The molecule has 0 radical (unpaired) electrons. The van der Waals surface area contributed by atoms with Crippen LogP contribution in [-0.2, 0) is 9.59 Å². The maximum absolute atomic E-state index is 11.8. The van der Waals surface area contributed by atoms with Crippen LogP contribution in [-0.4, -0.2) is 22.0 Å². The number of nitrogens with one attached hydrogen (secondary N) is 2. The molecule has 0 aliphatic rings. The first-order valence-corrected chi connectivity index (χ1v) is 7.80. The normalized spacial score (nSPS) is 10.2. The molecule has 2 rings (SSSR count). The number of nitrogens with zero attached hydrogens (tertiary/aromatic N) is 2. The molecule has 0 bridgehead atoms. The van der Waals surface area contributed by atoms with E-state index >= 15 is 0 Å². The van der Waals surface area contributed by atoms with Crippen LogP contribution in [0, 0.1) is 6.92 Å². The van der Waals surface area contributed by atoms with Gasteiger partial charge in [0, 0.05) is 17.3 Å². The molecule has 21 heavy (non-hydrogen) atoms. The Kier molecular flexibility index (Phi) is 5.40. The van der Waals surface area contributed by atoms with Crippen molar-refractivity contribution in [1.29, 1.82) is 0 Å². The molecule has 0 aliphatic heterocycles. The number of hydrogen-bond acceptors (Lipinski definition) is 5. The van der Waals surface area contributed by atoms with Crippen molar-refractivity contribution in [2.24, 2.45) is 0 Å². The van der Waals surface area contributed by atoms with Crippen LogP contribution in [0.25, 0.3) is 0 Å². The zero-order valence-electron chi connectivity index (χ0n) is 11.2. The molecule has 0 fully saturated rings. The van der Waals surface area contributed by atoms with Crippen LogP contribution in [0.1, 0.15) is 17.8 Å². The van der Waals surface area contributed by atoms with E-state index in [1.165, 1.54) is 11.3 Å². The maximum atomic E-state index is 11.8. The van der Waals surface area contributed by atoms with Gasteiger partial charge in [0.1, 0.15) is 5.01 Å². The van der Waals surface area contributed by atoms with Gasteiger partial charge in [-0.1, -0.05) is 23.5 Å². The summed E-state index contributed by atoms with van der Waals surface area (Å²) in [5.41, 5.74) is 0.683. The van der Waals surface area contributed by atoms with Crippen LogP contribution in [0.4, 0.5) is 10.8 Å². The molecule has 0 saturated heterocycles. The minimum absolute atomic E-state index is 0.0922. The lowest BCUT2D eigenvalue weighted by molar-refractivity contribution is -0.121. The van der Waals surface area contributed by atoms with Crippen molar-refractivity contribution >= 4 is 49.9 Å². The lowest BCUT2D eigenvalue weighted by Crippen LogP contribution is -2.17. The number of aryl methyl sites for hydroxylation is 1. The monoisotopic (exact) mass is 368 g/mol. The molecule has 8 heteroatoms. The van der Waals surface area contributed by atoms with Crippen molar-refractivity contribution in [2.75, 3.05) is 10.6 Å². The van der Waals surface area contributed by atoms with Gasteiger partial charge in [0.25, 0.3) is 0 Å².